The highest BCUT2D eigenvalue weighted by molar-refractivity contribution is 6.19. The molecular weight excluding hydrogens is 292 g/mol. The Morgan fingerprint density at radius 2 is 2.18 bits per heavy atom. The van der Waals surface area contributed by atoms with Gasteiger partial charge in [0.05, 0.1) is 6.20 Å². The first-order valence-electron chi connectivity index (χ1n) is 6.67. The topological polar surface area (TPSA) is 122 Å². The first-order chi connectivity index (χ1) is 10.4. The molecule has 1 aromatic heterocycles. The lowest BCUT2D eigenvalue weighted by Gasteiger charge is -2.30. The second-order valence-corrected chi connectivity index (χ2v) is 5.04. The van der Waals surface area contributed by atoms with Crippen molar-refractivity contribution in [3.63, 3.8) is 0 Å². The Balaban J connectivity index is 2.06. The molecule has 0 radical (unpaired) electrons. The van der Waals surface area contributed by atoms with Crippen molar-refractivity contribution in [2.75, 3.05) is 13.1 Å². The highest BCUT2D eigenvalue weighted by Crippen LogP contribution is 2.17. The quantitative estimate of drug-likeness (QED) is 0.641. The second kappa shape index (κ2) is 6.37. The van der Waals surface area contributed by atoms with Crippen LogP contribution in [0.5, 0.6) is 0 Å². The number of nitrogens with zero attached hydrogens (tertiary/aromatic N) is 3. The van der Waals surface area contributed by atoms with E-state index in [0.29, 0.717) is 0 Å². The van der Waals surface area contributed by atoms with E-state index in [-0.39, 0.29) is 19.5 Å². The zero-order chi connectivity index (χ0) is 16.3. The minimum Gasteiger partial charge on any atom is -0.480 e. The van der Waals surface area contributed by atoms with Gasteiger partial charge >= 0.3 is 5.97 Å². The number of piperidine rings is 1. The Morgan fingerprint density at radius 1 is 1.45 bits per heavy atom. The average molecular weight is 308 g/mol. The fourth-order valence-electron chi connectivity index (χ4n) is 2.27. The smallest absolute Gasteiger partial charge is 0.322 e. The molecule has 0 aliphatic carbocycles. The van der Waals surface area contributed by atoms with Gasteiger partial charge < -0.3 is 15.3 Å². The predicted octanol–water partition coefficient (Wildman–Crippen LogP) is -1.46. The Kier molecular flexibility index (Phi) is 4.54. The zero-order valence-electron chi connectivity index (χ0n) is 12.0. The Labute approximate surface area is 125 Å². The molecule has 2 heterocycles. The van der Waals surface area contributed by atoms with E-state index in [1.165, 1.54) is 4.90 Å². The summed E-state index contributed by atoms with van der Waals surface area (Å²) in [6.45, 7) is -0.142. The van der Waals surface area contributed by atoms with Gasteiger partial charge in [0.2, 0.25) is 11.8 Å². The van der Waals surface area contributed by atoms with Gasteiger partial charge in [-0.15, -0.1) is 0 Å². The molecule has 1 aromatic rings. The fourth-order valence-corrected chi connectivity index (χ4v) is 2.27. The minimum absolute atomic E-state index is 0.0666. The maximum Gasteiger partial charge on any atom is 0.322 e. The number of nitrogens with one attached hydrogen (secondary N) is 1. The predicted molar refractivity (Wildman–Crippen MR) is 72.4 cm³/mol. The number of Topliss-reactive ketones (excluding diaryl/α,β-unsaturated/α-hetero) is 1. The summed E-state index contributed by atoms with van der Waals surface area (Å²) in [6, 6.07) is 0. The molecule has 1 saturated heterocycles. The first kappa shape index (κ1) is 15.7. The standard InChI is InChI=1S/C13H16N4O5/c1-16-6-8(4-15-16)7-17-3-2-9(18)11(13(17)22)12(21)14-5-10(19)20/h4,6,11H,2-3,5,7H2,1H3,(H,14,21)(H,19,20). The van der Waals surface area contributed by atoms with Crippen LogP contribution in [-0.4, -0.2) is 56.4 Å². The van der Waals surface area contributed by atoms with Crippen LogP contribution in [0.15, 0.2) is 12.4 Å². The van der Waals surface area contributed by atoms with Gasteiger partial charge in [0.1, 0.15) is 6.54 Å². The number of carbonyl (C=O) groups excluding carboxylic acids is 3. The number of carboxylic acid groups (broad SMARTS) is 1. The normalized spacial score (nSPS) is 18.4. The molecule has 0 spiro atoms. The van der Waals surface area contributed by atoms with Crippen LogP contribution in [0.3, 0.4) is 0 Å². The molecule has 2 rings (SSSR count). The lowest BCUT2D eigenvalue weighted by molar-refractivity contribution is -0.152. The van der Waals surface area contributed by atoms with Crippen molar-refractivity contribution >= 4 is 23.6 Å². The molecule has 118 valence electrons. The Morgan fingerprint density at radius 3 is 2.77 bits per heavy atom. The minimum atomic E-state index is -1.47. The van der Waals surface area contributed by atoms with Gasteiger partial charge in [0, 0.05) is 38.3 Å². The van der Waals surface area contributed by atoms with Gasteiger partial charge in [-0.2, -0.15) is 5.10 Å². The van der Waals surface area contributed by atoms with Crippen LogP contribution in [-0.2, 0) is 32.8 Å². The van der Waals surface area contributed by atoms with Gasteiger partial charge in [-0.1, -0.05) is 0 Å². The van der Waals surface area contributed by atoms with Crippen molar-refractivity contribution in [1.29, 1.82) is 0 Å². The van der Waals surface area contributed by atoms with E-state index >= 15 is 0 Å². The molecule has 1 atom stereocenters. The van der Waals surface area contributed by atoms with Crippen molar-refractivity contribution in [2.45, 2.75) is 13.0 Å². The van der Waals surface area contributed by atoms with Crippen molar-refractivity contribution in [3.05, 3.63) is 18.0 Å². The molecule has 9 nitrogen and oxygen atoms in total. The number of aryl methyl sites for hydroxylation is 1. The third-order valence-electron chi connectivity index (χ3n) is 3.32. The summed E-state index contributed by atoms with van der Waals surface area (Å²) < 4.78 is 1.59. The number of rotatable bonds is 5. The highest BCUT2D eigenvalue weighted by Gasteiger charge is 2.40. The largest absolute Gasteiger partial charge is 0.480 e. The number of ketones is 1. The molecule has 0 aromatic carbocycles. The SMILES string of the molecule is Cn1cc(CN2CCC(=O)C(C(=O)NCC(=O)O)C2=O)cn1. The number of hydrogen-bond donors (Lipinski definition) is 2. The summed E-state index contributed by atoms with van der Waals surface area (Å²) in [5.74, 6) is -4.67. The summed E-state index contributed by atoms with van der Waals surface area (Å²) in [7, 11) is 1.74. The monoisotopic (exact) mass is 308 g/mol. The van der Waals surface area contributed by atoms with Gasteiger partial charge in [-0.3, -0.25) is 23.9 Å². The van der Waals surface area contributed by atoms with Crippen LogP contribution in [0.2, 0.25) is 0 Å². The summed E-state index contributed by atoms with van der Waals surface area (Å²) in [5, 5.41) is 14.6. The number of aliphatic carboxylic acids is 1. The molecule has 1 aliphatic heterocycles. The van der Waals surface area contributed by atoms with Gasteiger partial charge in [-0.25, -0.2) is 0 Å². The summed E-state index contributed by atoms with van der Waals surface area (Å²) in [5.41, 5.74) is 0.787. The molecule has 0 saturated carbocycles. The van der Waals surface area contributed by atoms with E-state index in [9.17, 15) is 19.2 Å². The van der Waals surface area contributed by atoms with Crippen LogP contribution < -0.4 is 5.32 Å². The highest BCUT2D eigenvalue weighted by atomic mass is 16.4. The Hall–Kier alpha value is -2.71. The van der Waals surface area contributed by atoms with Crippen molar-refractivity contribution < 1.29 is 24.3 Å². The van der Waals surface area contributed by atoms with E-state index in [1.807, 2.05) is 0 Å². The average Bonchev–Trinajstić information content (AvgIpc) is 2.85. The third-order valence-corrected chi connectivity index (χ3v) is 3.32. The maximum absolute atomic E-state index is 12.3. The van der Waals surface area contributed by atoms with E-state index < -0.39 is 36.0 Å². The van der Waals surface area contributed by atoms with E-state index in [4.69, 9.17) is 5.11 Å². The van der Waals surface area contributed by atoms with Crippen LogP contribution in [0.25, 0.3) is 0 Å². The number of likely N-dealkylation sites (tertiary alicyclic amines) is 1. The second-order valence-electron chi connectivity index (χ2n) is 5.04. The third kappa shape index (κ3) is 3.48. The summed E-state index contributed by atoms with van der Waals surface area (Å²) >= 11 is 0. The molecule has 0 bridgehead atoms. The maximum atomic E-state index is 12.3. The van der Waals surface area contributed by atoms with Gasteiger partial charge in [-0.05, 0) is 0 Å². The fraction of sp³-hybridized carbons (Fsp3) is 0.462. The molecule has 22 heavy (non-hydrogen) atoms. The molecular formula is C13H16N4O5. The lowest BCUT2D eigenvalue weighted by atomic mass is 9.94. The van der Waals surface area contributed by atoms with Crippen molar-refractivity contribution in [3.8, 4) is 0 Å². The van der Waals surface area contributed by atoms with Crippen molar-refractivity contribution in [2.24, 2.45) is 13.0 Å². The molecule has 1 aliphatic rings. The van der Waals surface area contributed by atoms with E-state index in [0.717, 1.165) is 5.56 Å². The van der Waals surface area contributed by atoms with E-state index in [2.05, 4.69) is 10.4 Å². The molecule has 2 amide bonds. The van der Waals surface area contributed by atoms with Crippen LogP contribution in [0.4, 0.5) is 0 Å². The molecule has 1 unspecified atom stereocenters. The number of amides is 2. The van der Waals surface area contributed by atoms with Crippen LogP contribution in [0.1, 0.15) is 12.0 Å². The summed E-state index contributed by atoms with van der Waals surface area (Å²) in [4.78, 5) is 47.8. The van der Waals surface area contributed by atoms with E-state index in [1.54, 1.807) is 24.1 Å². The number of carbonyl (C=O) groups is 4. The van der Waals surface area contributed by atoms with Crippen LogP contribution in [0, 0.1) is 5.92 Å². The number of aromatic nitrogens is 2. The number of hydrogen-bond acceptors (Lipinski definition) is 5. The summed E-state index contributed by atoms with van der Waals surface area (Å²) in [6.07, 6.45) is 3.41. The van der Waals surface area contributed by atoms with Gasteiger partial charge in [0.15, 0.2) is 11.7 Å². The Bertz CT molecular complexity index is 624. The molecule has 9 heteroatoms. The van der Waals surface area contributed by atoms with Crippen LogP contribution >= 0.6 is 0 Å². The number of carboxylic acids is 1. The zero-order valence-corrected chi connectivity index (χ0v) is 12.0. The first-order valence-corrected chi connectivity index (χ1v) is 6.67. The van der Waals surface area contributed by atoms with Crippen molar-refractivity contribution in [1.82, 2.24) is 20.0 Å². The van der Waals surface area contributed by atoms with Gasteiger partial charge in [0.25, 0.3) is 0 Å². The molecule has 1 fully saturated rings. The lowest BCUT2D eigenvalue weighted by Crippen LogP contribution is -2.52. The molecule has 2 N–H and O–H groups in total.